The van der Waals surface area contributed by atoms with Gasteiger partial charge in [-0.25, -0.2) is 12.7 Å². The molecule has 0 saturated heterocycles. The molecular formula is C16H18ClN3O3S. The summed E-state index contributed by atoms with van der Waals surface area (Å²) >= 11 is 5.86. The lowest BCUT2D eigenvalue weighted by molar-refractivity contribution is -0.114. The molecule has 0 unspecified atom stereocenters. The molecule has 0 radical (unpaired) electrons. The fourth-order valence-electron chi connectivity index (χ4n) is 1.93. The zero-order valence-electron chi connectivity index (χ0n) is 13.3. The number of carbonyl (C=O) groups is 1. The molecule has 2 N–H and O–H groups in total. The Morgan fingerprint density at radius 3 is 2.42 bits per heavy atom. The number of anilines is 2. The molecule has 0 bridgehead atoms. The van der Waals surface area contributed by atoms with Crippen LogP contribution < -0.4 is 10.6 Å². The van der Waals surface area contributed by atoms with Gasteiger partial charge >= 0.3 is 0 Å². The third kappa shape index (κ3) is 4.70. The van der Waals surface area contributed by atoms with E-state index in [0.29, 0.717) is 16.4 Å². The van der Waals surface area contributed by atoms with E-state index < -0.39 is 10.0 Å². The SMILES string of the molecule is CN(C)S(=O)(=O)c1cccc(NCC(=O)Nc2cccc(Cl)c2)c1. The van der Waals surface area contributed by atoms with E-state index in [2.05, 4.69) is 10.6 Å². The van der Waals surface area contributed by atoms with Gasteiger partial charge < -0.3 is 10.6 Å². The van der Waals surface area contributed by atoms with Crippen molar-refractivity contribution in [1.82, 2.24) is 4.31 Å². The van der Waals surface area contributed by atoms with E-state index in [-0.39, 0.29) is 17.3 Å². The first-order chi connectivity index (χ1) is 11.3. The summed E-state index contributed by atoms with van der Waals surface area (Å²) in [6, 6.07) is 13.1. The van der Waals surface area contributed by atoms with E-state index in [1.54, 1.807) is 36.4 Å². The van der Waals surface area contributed by atoms with Crippen LogP contribution in [0.1, 0.15) is 0 Å². The highest BCUT2D eigenvalue weighted by Gasteiger charge is 2.17. The second-order valence-corrected chi connectivity index (χ2v) is 7.82. The van der Waals surface area contributed by atoms with Crippen molar-refractivity contribution in [2.45, 2.75) is 4.90 Å². The van der Waals surface area contributed by atoms with E-state index >= 15 is 0 Å². The van der Waals surface area contributed by atoms with Gasteiger partial charge in [0.15, 0.2) is 0 Å². The first-order valence-corrected chi connectivity index (χ1v) is 8.93. The van der Waals surface area contributed by atoms with Crippen LogP contribution in [0.25, 0.3) is 0 Å². The lowest BCUT2D eigenvalue weighted by atomic mass is 10.3. The smallest absolute Gasteiger partial charge is 0.243 e. The molecule has 128 valence electrons. The van der Waals surface area contributed by atoms with Gasteiger partial charge in [0.2, 0.25) is 15.9 Å². The molecule has 24 heavy (non-hydrogen) atoms. The van der Waals surface area contributed by atoms with Gasteiger partial charge in [-0.1, -0.05) is 23.7 Å². The van der Waals surface area contributed by atoms with E-state index in [0.717, 1.165) is 4.31 Å². The third-order valence-electron chi connectivity index (χ3n) is 3.17. The Bertz CT molecular complexity index is 838. The average Bonchev–Trinajstić information content (AvgIpc) is 2.53. The Hall–Kier alpha value is -2.09. The topological polar surface area (TPSA) is 78.5 Å². The quantitative estimate of drug-likeness (QED) is 0.822. The zero-order chi connectivity index (χ0) is 17.7. The molecule has 2 aromatic rings. The van der Waals surface area contributed by atoms with Gasteiger partial charge in [0.05, 0.1) is 11.4 Å². The highest BCUT2D eigenvalue weighted by atomic mass is 35.5. The summed E-state index contributed by atoms with van der Waals surface area (Å²) in [4.78, 5) is 12.1. The Labute approximate surface area is 146 Å². The molecule has 6 nitrogen and oxygen atoms in total. The van der Waals surface area contributed by atoms with E-state index in [4.69, 9.17) is 11.6 Å². The predicted octanol–water partition coefficient (Wildman–Crippen LogP) is 2.64. The molecule has 0 spiro atoms. The average molecular weight is 368 g/mol. The molecule has 0 aliphatic heterocycles. The molecule has 0 heterocycles. The minimum absolute atomic E-state index is 0.00201. The molecule has 0 fully saturated rings. The van der Waals surface area contributed by atoms with Gasteiger partial charge in [-0.15, -0.1) is 0 Å². The van der Waals surface area contributed by atoms with Gasteiger partial charge in [-0.2, -0.15) is 0 Å². The fourth-order valence-corrected chi connectivity index (χ4v) is 3.07. The fraction of sp³-hybridized carbons (Fsp3) is 0.188. The lowest BCUT2D eigenvalue weighted by Gasteiger charge is -2.13. The second kappa shape index (κ2) is 7.65. The van der Waals surface area contributed by atoms with E-state index in [9.17, 15) is 13.2 Å². The first kappa shape index (κ1) is 18.3. The van der Waals surface area contributed by atoms with Crippen molar-refractivity contribution in [2.75, 3.05) is 31.3 Å². The summed E-state index contributed by atoms with van der Waals surface area (Å²) in [6.07, 6.45) is 0. The number of rotatable bonds is 6. The van der Waals surface area contributed by atoms with Crippen molar-refractivity contribution in [3.8, 4) is 0 Å². The van der Waals surface area contributed by atoms with Crippen molar-refractivity contribution >= 4 is 38.9 Å². The van der Waals surface area contributed by atoms with Crippen molar-refractivity contribution < 1.29 is 13.2 Å². The van der Waals surface area contributed by atoms with E-state index in [1.165, 1.54) is 26.2 Å². The van der Waals surface area contributed by atoms with Crippen molar-refractivity contribution in [3.63, 3.8) is 0 Å². The molecule has 2 rings (SSSR count). The number of nitrogens with one attached hydrogen (secondary N) is 2. The summed E-state index contributed by atoms with van der Waals surface area (Å²) in [5.74, 6) is -0.266. The Kier molecular flexibility index (Phi) is 5.82. The van der Waals surface area contributed by atoms with E-state index in [1.807, 2.05) is 0 Å². The molecule has 0 saturated carbocycles. The van der Waals surface area contributed by atoms with Crippen molar-refractivity contribution in [2.24, 2.45) is 0 Å². The molecule has 0 aliphatic carbocycles. The van der Waals surface area contributed by atoms with Gasteiger partial charge in [0.25, 0.3) is 0 Å². The molecule has 0 aromatic heterocycles. The Morgan fingerprint density at radius 2 is 1.75 bits per heavy atom. The minimum atomic E-state index is -3.51. The normalized spacial score (nSPS) is 11.3. The zero-order valence-corrected chi connectivity index (χ0v) is 14.9. The number of hydrogen-bond donors (Lipinski definition) is 2. The molecule has 2 aromatic carbocycles. The number of carbonyl (C=O) groups excluding carboxylic acids is 1. The number of benzene rings is 2. The van der Waals surface area contributed by atoms with Crippen LogP contribution in [0.4, 0.5) is 11.4 Å². The summed E-state index contributed by atoms with van der Waals surface area (Å²) in [7, 11) is -0.581. The maximum atomic E-state index is 12.1. The van der Waals surface area contributed by atoms with Crippen LogP contribution in [-0.2, 0) is 14.8 Å². The van der Waals surface area contributed by atoms with Gasteiger partial charge in [0, 0.05) is 30.5 Å². The number of amides is 1. The standard InChI is InChI=1S/C16H18ClN3O3S/c1-20(2)24(22,23)15-8-4-6-13(10-15)18-11-16(21)19-14-7-3-5-12(17)9-14/h3-10,18H,11H2,1-2H3,(H,19,21). The highest BCUT2D eigenvalue weighted by molar-refractivity contribution is 7.89. The minimum Gasteiger partial charge on any atom is -0.376 e. The third-order valence-corrected chi connectivity index (χ3v) is 5.22. The second-order valence-electron chi connectivity index (χ2n) is 5.23. The number of halogens is 1. The predicted molar refractivity (Wildman–Crippen MR) is 95.9 cm³/mol. The number of hydrogen-bond acceptors (Lipinski definition) is 4. The summed E-state index contributed by atoms with van der Waals surface area (Å²) < 4.78 is 25.3. The Morgan fingerprint density at radius 1 is 1.08 bits per heavy atom. The maximum absolute atomic E-state index is 12.1. The van der Waals surface area contributed by atoms with Crippen molar-refractivity contribution in [1.29, 1.82) is 0 Å². The van der Waals surface area contributed by atoms with Gasteiger partial charge in [-0.05, 0) is 36.4 Å². The number of sulfonamides is 1. The van der Waals surface area contributed by atoms with Crippen LogP contribution in [0.15, 0.2) is 53.4 Å². The van der Waals surface area contributed by atoms with Crippen LogP contribution in [0.5, 0.6) is 0 Å². The molecule has 0 atom stereocenters. The molecule has 1 amide bonds. The highest BCUT2D eigenvalue weighted by Crippen LogP contribution is 2.18. The molecule has 0 aliphatic rings. The summed E-state index contributed by atoms with van der Waals surface area (Å²) in [5.41, 5.74) is 1.14. The monoisotopic (exact) mass is 367 g/mol. The van der Waals surface area contributed by atoms with Crippen LogP contribution in [0, 0.1) is 0 Å². The summed E-state index contributed by atoms with van der Waals surface area (Å²) in [5, 5.41) is 6.14. The van der Waals surface area contributed by atoms with Crippen LogP contribution in [0.3, 0.4) is 0 Å². The van der Waals surface area contributed by atoms with Crippen LogP contribution >= 0.6 is 11.6 Å². The summed E-state index contributed by atoms with van der Waals surface area (Å²) in [6.45, 7) is -0.00201. The van der Waals surface area contributed by atoms with Crippen LogP contribution in [-0.4, -0.2) is 39.3 Å². The molecular weight excluding hydrogens is 350 g/mol. The molecule has 8 heteroatoms. The number of nitrogens with zero attached hydrogens (tertiary/aromatic N) is 1. The van der Waals surface area contributed by atoms with Gasteiger partial charge in [-0.3, -0.25) is 4.79 Å². The first-order valence-electron chi connectivity index (χ1n) is 7.11. The van der Waals surface area contributed by atoms with Gasteiger partial charge in [0.1, 0.15) is 0 Å². The Balaban J connectivity index is 2.01. The maximum Gasteiger partial charge on any atom is 0.243 e. The lowest BCUT2D eigenvalue weighted by Crippen LogP contribution is -2.23. The van der Waals surface area contributed by atoms with Crippen molar-refractivity contribution in [3.05, 3.63) is 53.6 Å². The van der Waals surface area contributed by atoms with Crippen LogP contribution in [0.2, 0.25) is 5.02 Å². The largest absolute Gasteiger partial charge is 0.376 e.